The molecule has 2 rings (SSSR count). The molecule has 0 amide bonds. The van der Waals surface area contributed by atoms with Crippen LogP contribution in [0.15, 0.2) is 42.5 Å². The second kappa shape index (κ2) is 6.48. The fraction of sp³-hybridized carbons (Fsp3) is 0.250. The van der Waals surface area contributed by atoms with E-state index >= 15 is 0 Å². The number of hydrogen-bond donors (Lipinski definition) is 2. The van der Waals surface area contributed by atoms with Crippen LogP contribution in [-0.4, -0.2) is 11.1 Å². The largest absolute Gasteiger partial charge is 0.503 e. The van der Waals surface area contributed by atoms with E-state index in [9.17, 15) is 8.78 Å². The molecule has 106 valence electrons. The van der Waals surface area contributed by atoms with E-state index in [1.54, 1.807) is 0 Å². The molecule has 20 heavy (non-hydrogen) atoms. The van der Waals surface area contributed by atoms with Gasteiger partial charge in [-0.1, -0.05) is 30.3 Å². The Morgan fingerprint density at radius 2 is 1.65 bits per heavy atom. The van der Waals surface area contributed by atoms with Crippen LogP contribution in [0.25, 0.3) is 0 Å². The standard InChI is InChI=1S/C16H17F2NO/c1-11(7-12-5-3-2-4-6-12)19-10-13-8-14(17)16(20)15(18)9-13/h2-6,8-9,11,19-20H,7,10H2,1H3. The Balaban J connectivity index is 1.92. The summed E-state index contributed by atoms with van der Waals surface area (Å²) < 4.78 is 26.4. The maximum absolute atomic E-state index is 13.2. The SMILES string of the molecule is CC(Cc1ccccc1)NCc1cc(F)c(O)c(F)c1. The molecule has 0 spiro atoms. The lowest BCUT2D eigenvalue weighted by molar-refractivity contribution is 0.394. The summed E-state index contributed by atoms with van der Waals surface area (Å²) in [5.74, 6) is -2.79. The quantitative estimate of drug-likeness (QED) is 0.878. The molecule has 0 bridgehead atoms. The summed E-state index contributed by atoms with van der Waals surface area (Å²) in [5, 5.41) is 12.2. The first kappa shape index (κ1) is 14.5. The second-order valence-corrected chi connectivity index (χ2v) is 4.88. The van der Waals surface area contributed by atoms with E-state index in [-0.39, 0.29) is 6.04 Å². The molecule has 2 nitrogen and oxygen atoms in total. The van der Waals surface area contributed by atoms with Gasteiger partial charge in [0.1, 0.15) is 0 Å². The van der Waals surface area contributed by atoms with Crippen LogP contribution in [-0.2, 0) is 13.0 Å². The van der Waals surface area contributed by atoms with E-state index in [1.807, 2.05) is 37.3 Å². The maximum Gasteiger partial charge on any atom is 0.187 e. The van der Waals surface area contributed by atoms with Crippen molar-refractivity contribution < 1.29 is 13.9 Å². The summed E-state index contributed by atoms with van der Waals surface area (Å²) >= 11 is 0. The van der Waals surface area contributed by atoms with Crippen molar-refractivity contribution in [3.63, 3.8) is 0 Å². The van der Waals surface area contributed by atoms with E-state index in [1.165, 1.54) is 5.56 Å². The molecule has 0 saturated carbocycles. The summed E-state index contributed by atoms with van der Waals surface area (Å²) in [6.45, 7) is 2.36. The van der Waals surface area contributed by atoms with E-state index in [4.69, 9.17) is 5.11 Å². The van der Waals surface area contributed by atoms with Crippen molar-refractivity contribution in [3.8, 4) is 5.75 Å². The Hall–Kier alpha value is -1.94. The van der Waals surface area contributed by atoms with Crippen molar-refractivity contribution in [1.82, 2.24) is 5.32 Å². The second-order valence-electron chi connectivity index (χ2n) is 4.88. The van der Waals surface area contributed by atoms with Crippen LogP contribution in [0.1, 0.15) is 18.1 Å². The van der Waals surface area contributed by atoms with Gasteiger partial charge in [-0.3, -0.25) is 0 Å². The number of hydrogen-bond acceptors (Lipinski definition) is 2. The van der Waals surface area contributed by atoms with Crippen LogP contribution in [0.2, 0.25) is 0 Å². The lowest BCUT2D eigenvalue weighted by atomic mass is 10.1. The zero-order valence-corrected chi connectivity index (χ0v) is 11.2. The highest BCUT2D eigenvalue weighted by atomic mass is 19.1. The summed E-state index contributed by atoms with van der Waals surface area (Å²) in [5.41, 5.74) is 1.67. The monoisotopic (exact) mass is 277 g/mol. The Morgan fingerprint density at radius 1 is 1.05 bits per heavy atom. The van der Waals surface area contributed by atoms with E-state index in [0.717, 1.165) is 18.6 Å². The molecule has 0 aromatic heterocycles. The van der Waals surface area contributed by atoms with Crippen molar-refractivity contribution in [2.75, 3.05) is 0 Å². The third-order valence-electron chi connectivity index (χ3n) is 3.12. The molecule has 2 aromatic carbocycles. The zero-order valence-electron chi connectivity index (χ0n) is 11.2. The fourth-order valence-electron chi connectivity index (χ4n) is 2.05. The van der Waals surface area contributed by atoms with Gasteiger partial charge in [-0.25, -0.2) is 8.78 Å². The van der Waals surface area contributed by atoms with Crippen molar-refractivity contribution >= 4 is 0 Å². The minimum atomic E-state index is -0.933. The van der Waals surface area contributed by atoms with Crippen LogP contribution < -0.4 is 5.32 Å². The smallest absolute Gasteiger partial charge is 0.187 e. The molecule has 2 aromatic rings. The summed E-state index contributed by atoms with van der Waals surface area (Å²) in [6, 6.07) is 12.5. The highest BCUT2D eigenvalue weighted by Crippen LogP contribution is 2.21. The third-order valence-corrected chi connectivity index (χ3v) is 3.12. The first-order valence-electron chi connectivity index (χ1n) is 6.50. The first-order chi connectivity index (χ1) is 9.56. The van der Waals surface area contributed by atoms with Gasteiger partial charge in [0.25, 0.3) is 0 Å². The van der Waals surface area contributed by atoms with Gasteiger partial charge in [0.15, 0.2) is 17.4 Å². The van der Waals surface area contributed by atoms with Crippen LogP contribution in [0, 0.1) is 11.6 Å². The van der Waals surface area contributed by atoms with Gasteiger partial charge >= 0.3 is 0 Å². The molecule has 0 radical (unpaired) electrons. The Labute approximate surface area is 117 Å². The minimum absolute atomic E-state index is 0.178. The number of rotatable bonds is 5. The lowest BCUT2D eigenvalue weighted by Gasteiger charge is -2.14. The number of halogens is 2. The highest BCUT2D eigenvalue weighted by molar-refractivity contribution is 5.30. The minimum Gasteiger partial charge on any atom is -0.503 e. The predicted molar refractivity (Wildman–Crippen MR) is 74.5 cm³/mol. The van der Waals surface area contributed by atoms with Gasteiger partial charge in [0, 0.05) is 12.6 Å². The summed E-state index contributed by atoms with van der Waals surface area (Å²) in [4.78, 5) is 0. The molecular weight excluding hydrogens is 260 g/mol. The summed E-state index contributed by atoms with van der Waals surface area (Å²) in [7, 11) is 0. The van der Waals surface area contributed by atoms with Crippen LogP contribution >= 0.6 is 0 Å². The van der Waals surface area contributed by atoms with Crippen LogP contribution in [0.3, 0.4) is 0 Å². The predicted octanol–water partition coefficient (Wildman–Crippen LogP) is 3.39. The molecule has 0 saturated heterocycles. The molecule has 1 atom stereocenters. The Kier molecular flexibility index (Phi) is 4.69. The molecule has 0 aliphatic carbocycles. The Bertz CT molecular complexity index is 549. The number of phenolic OH excluding ortho intramolecular Hbond substituents is 1. The van der Waals surface area contributed by atoms with Crippen molar-refractivity contribution in [1.29, 1.82) is 0 Å². The van der Waals surface area contributed by atoms with E-state index < -0.39 is 17.4 Å². The topological polar surface area (TPSA) is 32.3 Å². The number of nitrogens with one attached hydrogen (secondary N) is 1. The molecule has 2 N–H and O–H groups in total. The van der Waals surface area contributed by atoms with Crippen LogP contribution in [0.5, 0.6) is 5.75 Å². The van der Waals surface area contributed by atoms with Gasteiger partial charge in [-0.15, -0.1) is 0 Å². The molecule has 0 heterocycles. The number of benzene rings is 2. The lowest BCUT2D eigenvalue weighted by Crippen LogP contribution is -2.27. The fourth-order valence-corrected chi connectivity index (χ4v) is 2.05. The highest BCUT2D eigenvalue weighted by Gasteiger charge is 2.10. The molecule has 0 fully saturated rings. The van der Waals surface area contributed by atoms with Crippen molar-refractivity contribution in [2.45, 2.75) is 25.9 Å². The van der Waals surface area contributed by atoms with Crippen LogP contribution in [0.4, 0.5) is 8.78 Å². The third kappa shape index (κ3) is 3.78. The van der Waals surface area contributed by atoms with Gasteiger partial charge in [-0.2, -0.15) is 0 Å². The van der Waals surface area contributed by atoms with Gasteiger partial charge in [0.05, 0.1) is 0 Å². The van der Waals surface area contributed by atoms with E-state index in [0.29, 0.717) is 12.1 Å². The first-order valence-corrected chi connectivity index (χ1v) is 6.50. The molecule has 4 heteroatoms. The Morgan fingerprint density at radius 3 is 2.25 bits per heavy atom. The molecular formula is C16H17F2NO. The summed E-state index contributed by atoms with van der Waals surface area (Å²) in [6.07, 6.45) is 0.837. The average molecular weight is 277 g/mol. The number of phenols is 1. The normalized spacial score (nSPS) is 12.3. The van der Waals surface area contributed by atoms with Crippen molar-refractivity contribution in [3.05, 3.63) is 65.2 Å². The van der Waals surface area contributed by atoms with Crippen molar-refractivity contribution in [2.24, 2.45) is 0 Å². The number of aromatic hydroxyl groups is 1. The molecule has 0 aliphatic heterocycles. The van der Waals surface area contributed by atoms with Gasteiger partial charge < -0.3 is 10.4 Å². The zero-order chi connectivity index (χ0) is 14.5. The molecule has 0 aliphatic rings. The molecule has 1 unspecified atom stereocenters. The average Bonchev–Trinajstić information content (AvgIpc) is 2.43. The van der Waals surface area contributed by atoms with Gasteiger partial charge in [-0.05, 0) is 36.6 Å². The van der Waals surface area contributed by atoms with Gasteiger partial charge in [0.2, 0.25) is 0 Å². The maximum atomic E-state index is 13.2. The van der Waals surface area contributed by atoms with E-state index in [2.05, 4.69) is 5.32 Å².